The first-order valence-electron chi connectivity index (χ1n) is 8.79. The lowest BCUT2D eigenvalue weighted by Gasteiger charge is -2.32. The van der Waals surface area contributed by atoms with Crippen molar-refractivity contribution in [3.8, 4) is 0 Å². The topological polar surface area (TPSA) is 69.6 Å². The van der Waals surface area contributed by atoms with E-state index in [1.807, 2.05) is 0 Å². The molecule has 0 spiro atoms. The predicted molar refractivity (Wildman–Crippen MR) is 94.1 cm³/mol. The number of hydrogen-bond acceptors (Lipinski definition) is 3. The molecule has 0 aromatic heterocycles. The van der Waals surface area contributed by atoms with Gasteiger partial charge in [0.25, 0.3) is 0 Å². The second kappa shape index (κ2) is 8.83. The molecular weight excluding hydrogens is 304 g/mol. The number of nitrogens with one attached hydrogen (secondary N) is 1. The van der Waals surface area contributed by atoms with Gasteiger partial charge in [0, 0.05) is 6.54 Å². The molecule has 1 amide bonds. The van der Waals surface area contributed by atoms with Crippen molar-refractivity contribution < 1.29 is 14.7 Å². The number of carbonyl (C=O) groups excluding carboxylic acids is 1. The third-order valence-electron chi connectivity index (χ3n) is 4.63. The summed E-state index contributed by atoms with van der Waals surface area (Å²) in [6.45, 7) is 5.76. The molecule has 1 fully saturated rings. The van der Waals surface area contributed by atoms with E-state index in [1.54, 1.807) is 4.90 Å². The number of amides is 1. The fourth-order valence-corrected chi connectivity index (χ4v) is 3.12. The first-order valence-corrected chi connectivity index (χ1v) is 8.79. The molecule has 24 heavy (non-hydrogen) atoms. The zero-order chi connectivity index (χ0) is 17.5. The summed E-state index contributed by atoms with van der Waals surface area (Å²) < 4.78 is 0. The number of piperidine rings is 1. The van der Waals surface area contributed by atoms with Gasteiger partial charge in [0.1, 0.15) is 6.04 Å². The minimum Gasteiger partial charge on any atom is -0.480 e. The number of likely N-dealkylation sites (tertiary alicyclic amines) is 1. The van der Waals surface area contributed by atoms with Crippen molar-refractivity contribution in [1.82, 2.24) is 10.2 Å². The summed E-state index contributed by atoms with van der Waals surface area (Å²) in [5, 5.41) is 12.1. The van der Waals surface area contributed by atoms with Crippen molar-refractivity contribution >= 4 is 11.9 Å². The molecular formula is C19H28N2O3. The summed E-state index contributed by atoms with van der Waals surface area (Å²) in [5.41, 5.74) is 2.51. The summed E-state index contributed by atoms with van der Waals surface area (Å²) >= 11 is 0. The van der Waals surface area contributed by atoms with Crippen LogP contribution in [0.2, 0.25) is 0 Å². The van der Waals surface area contributed by atoms with Gasteiger partial charge in [-0.3, -0.25) is 14.5 Å². The van der Waals surface area contributed by atoms with Crippen molar-refractivity contribution in [3.05, 3.63) is 35.4 Å². The Bertz CT molecular complexity index is 554. The normalized spacial score (nSPS) is 18.5. The van der Waals surface area contributed by atoms with E-state index in [-0.39, 0.29) is 12.5 Å². The van der Waals surface area contributed by atoms with Crippen molar-refractivity contribution in [3.63, 3.8) is 0 Å². The Morgan fingerprint density at radius 2 is 1.96 bits per heavy atom. The van der Waals surface area contributed by atoms with Crippen LogP contribution in [0.1, 0.15) is 50.2 Å². The van der Waals surface area contributed by atoms with Gasteiger partial charge in [-0.05, 0) is 42.9 Å². The highest BCUT2D eigenvalue weighted by atomic mass is 16.4. The first-order chi connectivity index (χ1) is 11.5. The van der Waals surface area contributed by atoms with E-state index < -0.39 is 12.0 Å². The van der Waals surface area contributed by atoms with E-state index in [2.05, 4.69) is 43.4 Å². The molecule has 0 radical (unpaired) electrons. The summed E-state index contributed by atoms with van der Waals surface area (Å²) in [6.07, 6.45) is 3.29. The largest absolute Gasteiger partial charge is 0.480 e. The SMILES string of the molecule is CC(C)c1ccc(CCNC(=O)CN2CCCCC2C(=O)O)cc1. The molecule has 1 aromatic carbocycles. The number of nitrogens with zero attached hydrogens (tertiary/aromatic N) is 1. The number of rotatable bonds is 7. The molecule has 1 saturated heterocycles. The summed E-state index contributed by atoms with van der Waals surface area (Å²) in [5.74, 6) is -0.403. The second-order valence-electron chi connectivity index (χ2n) is 6.82. The average molecular weight is 332 g/mol. The highest BCUT2D eigenvalue weighted by molar-refractivity contribution is 5.80. The minimum atomic E-state index is -0.826. The van der Waals surface area contributed by atoms with Crippen molar-refractivity contribution in [2.45, 2.75) is 51.5 Å². The monoisotopic (exact) mass is 332 g/mol. The van der Waals surface area contributed by atoms with E-state index in [0.717, 1.165) is 19.3 Å². The van der Waals surface area contributed by atoms with E-state index >= 15 is 0 Å². The van der Waals surface area contributed by atoms with Gasteiger partial charge in [0.2, 0.25) is 5.91 Å². The highest BCUT2D eigenvalue weighted by Crippen LogP contribution is 2.17. The molecule has 0 saturated carbocycles. The van der Waals surface area contributed by atoms with Crippen LogP contribution >= 0.6 is 0 Å². The van der Waals surface area contributed by atoms with Crippen LogP contribution in [0.25, 0.3) is 0 Å². The zero-order valence-corrected chi connectivity index (χ0v) is 14.6. The maximum Gasteiger partial charge on any atom is 0.320 e. The Hall–Kier alpha value is -1.88. The zero-order valence-electron chi connectivity index (χ0n) is 14.6. The molecule has 5 nitrogen and oxygen atoms in total. The van der Waals surface area contributed by atoms with Crippen LogP contribution in [0, 0.1) is 0 Å². The van der Waals surface area contributed by atoms with Crippen LogP contribution < -0.4 is 5.32 Å². The van der Waals surface area contributed by atoms with Gasteiger partial charge in [0.15, 0.2) is 0 Å². The van der Waals surface area contributed by atoms with Gasteiger partial charge >= 0.3 is 5.97 Å². The predicted octanol–water partition coefficient (Wildman–Crippen LogP) is 2.41. The van der Waals surface area contributed by atoms with Crippen LogP contribution in [0.15, 0.2) is 24.3 Å². The molecule has 0 aliphatic carbocycles. The van der Waals surface area contributed by atoms with Gasteiger partial charge in [-0.25, -0.2) is 0 Å². The van der Waals surface area contributed by atoms with Crippen molar-refractivity contribution in [1.29, 1.82) is 0 Å². The molecule has 1 aliphatic heterocycles. The average Bonchev–Trinajstić information content (AvgIpc) is 2.55. The van der Waals surface area contributed by atoms with Gasteiger partial charge < -0.3 is 10.4 Å². The lowest BCUT2D eigenvalue weighted by molar-refractivity contribution is -0.145. The highest BCUT2D eigenvalue weighted by Gasteiger charge is 2.29. The number of carboxylic acid groups (broad SMARTS) is 1. The number of carboxylic acids is 1. The van der Waals surface area contributed by atoms with Crippen LogP contribution in [0.3, 0.4) is 0 Å². The summed E-state index contributed by atoms with van der Waals surface area (Å²) in [4.78, 5) is 25.1. The number of aliphatic carboxylic acids is 1. The smallest absolute Gasteiger partial charge is 0.320 e. The molecule has 0 bridgehead atoms. The van der Waals surface area contributed by atoms with Gasteiger partial charge in [-0.2, -0.15) is 0 Å². The summed E-state index contributed by atoms with van der Waals surface area (Å²) in [7, 11) is 0. The molecule has 1 unspecified atom stereocenters. The quantitative estimate of drug-likeness (QED) is 0.804. The van der Waals surface area contributed by atoms with Gasteiger partial charge in [-0.1, -0.05) is 44.5 Å². The van der Waals surface area contributed by atoms with Crippen LogP contribution in [-0.4, -0.2) is 47.6 Å². The Morgan fingerprint density at radius 3 is 2.58 bits per heavy atom. The van der Waals surface area contributed by atoms with Gasteiger partial charge in [-0.15, -0.1) is 0 Å². The van der Waals surface area contributed by atoms with Crippen LogP contribution in [0.4, 0.5) is 0 Å². The Kier molecular flexibility index (Phi) is 6.79. The summed E-state index contributed by atoms with van der Waals surface area (Å²) in [6, 6.07) is 7.95. The molecule has 1 aromatic rings. The lowest BCUT2D eigenvalue weighted by atomic mass is 10.0. The van der Waals surface area contributed by atoms with Crippen LogP contribution in [0.5, 0.6) is 0 Å². The Morgan fingerprint density at radius 1 is 1.25 bits per heavy atom. The van der Waals surface area contributed by atoms with E-state index in [4.69, 9.17) is 0 Å². The van der Waals surface area contributed by atoms with E-state index in [1.165, 1.54) is 11.1 Å². The Balaban J connectivity index is 1.75. The van der Waals surface area contributed by atoms with Crippen LogP contribution in [-0.2, 0) is 16.0 Å². The molecule has 1 atom stereocenters. The molecule has 1 aliphatic rings. The first kappa shape index (κ1) is 18.5. The van der Waals surface area contributed by atoms with E-state index in [0.29, 0.717) is 25.4 Å². The van der Waals surface area contributed by atoms with Crippen molar-refractivity contribution in [2.24, 2.45) is 0 Å². The molecule has 5 heteroatoms. The Labute approximate surface area is 144 Å². The number of benzene rings is 1. The fourth-order valence-electron chi connectivity index (χ4n) is 3.12. The number of carbonyl (C=O) groups is 2. The third kappa shape index (κ3) is 5.34. The molecule has 1 heterocycles. The molecule has 2 rings (SSSR count). The van der Waals surface area contributed by atoms with Crippen molar-refractivity contribution in [2.75, 3.05) is 19.6 Å². The second-order valence-corrected chi connectivity index (χ2v) is 6.82. The lowest BCUT2D eigenvalue weighted by Crippen LogP contribution is -2.49. The number of hydrogen-bond donors (Lipinski definition) is 2. The minimum absolute atomic E-state index is 0.0954. The van der Waals surface area contributed by atoms with E-state index in [9.17, 15) is 14.7 Å². The molecule has 132 valence electrons. The maximum absolute atomic E-state index is 12.1. The van der Waals surface area contributed by atoms with Gasteiger partial charge in [0.05, 0.1) is 6.54 Å². The standard InChI is InChI=1S/C19H28N2O3/c1-14(2)16-8-6-15(7-9-16)10-11-20-18(22)13-21-12-4-3-5-17(21)19(23)24/h6-9,14,17H,3-5,10-13H2,1-2H3,(H,20,22)(H,23,24). The molecule has 2 N–H and O–H groups in total. The maximum atomic E-state index is 12.1. The third-order valence-corrected chi connectivity index (χ3v) is 4.63. The fraction of sp³-hybridized carbons (Fsp3) is 0.579.